The van der Waals surface area contributed by atoms with Gasteiger partial charge in [-0.05, 0) is 55.3 Å². The van der Waals surface area contributed by atoms with Crippen LogP contribution in [0.25, 0.3) is 6.08 Å². The standard InChI is InChI=1S/C21H22FNO5/c1-13-5-8-16(12-17(13)22)23-21(25)14(2)28-18-9-6-15(11-19(18)26-3)7-10-20(24)27-4/h5-12,14H,1-4H3,(H,23,25)/b10-7+. The van der Waals surface area contributed by atoms with E-state index in [-0.39, 0.29) is 0 Å². The zero-order valence-electron chi connectivity index (χ0n) is 16.1. The molecule has 0 aliphatic rings. The van der Waals surface area contributed by atoms with Crippen molar-refractivity contribution in [2.75, 3.05) is 19.5 Å². The molecule has 0 bridgehead atoms. The molecule has 0 heterocycles. The fourth-order valence-electron chi connectivity index (χ4n) is 2.28. The maximum Gasteiger partial charge on any atom is 0.330 e. The zero-order valence-corrected chi connectivity index (χ0v) is 16.1. The van der Waals surface area contributed by atoms with Crippen molar-refractivity contribution in [3.05, 3.63) is 59.4 Å². The van der Waals surface area contributed by atoms with Gasteiger partial charge in [0, 0.05) is 11.8 Å². The number of anilines is 1. The maximum atomic E-state index is 13.6. The van der Waals surface area contributed by atoms with E-state index in [9.17, 15) is 14.0 Å². The zero-order chi connectivity index (χ0) is 20.7. The Morgan fingerprint density at radius 2 is 1.86 bits per heavy atom. The third-order valence-corrected chi connectivity index (χ3v) is 3.91. The lowest BCUT2D eigenvalue weighted by Crippen LogP contribution is -2.30. The van der Waals surface area contributed by atoms with Crippen molar-refractivity contribution in [2.24, 2.45) is 0 Å². The summed E-state index contributed by atoms with van der Waals surface area (Å²) < 4.78 is 29.1. The van der Waals surface area contributed by atoms with Crippen LogP contribution in [-0.4, -0.2) is 32.2 Å². The van der Waals surface area contributed by atoms with Crippen molar-refractivity contribution in [2.45, 2.75) is 20.0 Å². The molecule has 0 saturated heterocycles. The van der Waals surface area contributed by atoms with Crippen LogP contribution < -0.4 is 14.8 Å². The van der Waals surface area contributed by atoms with E-state index in [0.29, 0.717) is 28.3 Å². The molecule has 1 unspecified atom stereocenters. The van der Waals surface area contributed by atoms with Crippen LogP contribution >= 0.6 is 0 Å². The lowest BCUT2D eigenvalue weighted by Gasteiger charge is -2.17. The molecule has 0 aliphatic heterocycles. The van der Waals surface area contributed by atoms with Gasteiger partial charge in [-0.2, -0.15) is 0 Å². The van der Waals surface area contributed by atoms with Gasteiger partial charge in [0.1, 0.15) is 5.82 Å². The molecule has 0 radical (unpaired) electrons. The van der Waals surface area contributed by atoms with Crippen LogP contribution in [0.5, 0.6) is 11.5 Å². The lowest BCUT2D eigenvalue weighted by atomic mass is 10.2. The van der Waals surface area contributed by atoms with Crippen LogP contribution in [0.2, 0.25) is 0 Å². The molecular weight excluding hydrogens is 365 g/mol. The summed E-state index contributed by atoms with van der Waals surface area (Å²) in [5, 5.41) is 2.61. The molecule has 0 spiro atoms. The first-order valence-corrected chi connectivity index (χ1v) is 8.51. The largest absolute Gasteiger partial charge is 0.493 e. The quantitative estimate of drug-likeness (QED) is 0.579. The summed E-state index contributed by atoms with van der Waals surface area (Å²) in [5.41, 5.74) is 1.54. The number of esters is 1. The van der Waals surface area contributed by atoms with Crippen LogP contribution in [0.3, 0.4) is 0 Å². The highest BCUT2D eigenvalue weighted by molar-refractivity contribution is 5.94. The van der Waals surface area contributed by atoms with Crippen LogP contribution in [0.15, 0.2) is 42.5 Å². The fourth-order valence-corrected chi connectivity index (χ4v) is 2.28. The van der Waals surface area contributed by atoms with Gasteiger partial charge in [0.15, 0.2) is 17.6 Å². The second kappa shape index (κ2) is 9.55. The molecule has 0 fully saturated rings. The van der Waals surface area contributed by atoms with E-state index in [1.165, 1.54) is 26.4 Å². The lowest BCUT2D eigenvalue weighted by molar-refractivity contribution is -0.134. The summed E-state index contributed by atoms with van der Waals surface area (Å²) in [7, 11) is 2.76. The molecule has 2 rings (SSSR count). The van der Waals surface area contributed by atoms with Gasteiger partial charge in [-0.3, -0.25) is 4.79 Å². The van der Waals surface area contributed by atoms with Crippen molar-refractivity contribution in [3.63, 3.8) is 0 Å². The number of ether oxygens (including phenoxy) is 3. The van der Waals surface area contributed by atoms with Crippen LogP contribution in [0, 0.1) is 12.7 Å². The van der Waals surface area contributed by atoms with E-state index in [1.54, 1.807) is 50.3 Å². The van der Waals surface area contributed by atoms with Gasteiger partial charge in [0.05, 0.1) is 14.2 Å². The Morgan fingerprint density at radius 1 is 1.11 bits per heavy atom. The molecule has 2 aromatic rings. The number of methoxy groups -OCH3 is 2. The average Bonchev–Trinajstić information content (AvgIpc) is 2.69. The summed E-state index contributed by atoms with van der Waals surface area (Å²) in [6.45, 7) is 3.22. The smallest absolute Gasteiger partial charge is 0.330 e. The summed E-state index contributed by atoms with van der Waals surface area (Å²) >= 11 is 0. The fraction of sp³-hybridized carbons (Fsp3) is 0.238. The third-order valence-electron chi connectivity index (χ3n) is 3.91. The molecule has 7 heteroatoms. The van der Waals surface area contributed by atoms with Gasteiger partial charge in [-0.25, -0.2) is 9.18 Å². The number of aryl methyl sites for hydroxylation is 1. The number of hydrogen-bond acceptors (Lipinski definition) is 5. The molecule has 2 aromatic carbocycles. The van der Waals surface area contributed by atoms with Gasteiger partial charge in [0.2, 0.25) is 0 Å². The Hall–Kier alpha value is -3.35. The normalized spacial score (nSPS) is 11.8. The van der Waals surface area contributed by atoms with E-state index in [1.807, 2.05) is 0 Å². The van der Waals surface area contributed by atoms with Gasteiger partial charge in [-0.1, -0.05) is 12.1 Å². The van der Waals surface area contributed by atoms with Crippen molar-refractivity contribution in [1.29, 1.82) is 0 Å². The molecule has 0 aromatic heterocycles. The predicted octanol–water partition coefficient (Wildman–Crippen LogP) is 3.73. The van der Waals surface area contributed by atoms with Crippen LogP contribution in [0.4, 0.5) is 10.1 Å². The number of benzene rings is 2. The van der Waals surface area contributed by atoms with Gasteiger partial charge in [-0.15, -0.1) is 0 Å². The number of amides is 1. The minimum atomic E-state index is -0.852. The monoisotopic (exact) mass is 387 g/mol. The highest BCUT2D eigenvalue weighted by Gasteiger charge is 2.17. The van der Waals surface area contributed by atoms with Crippen molar-refractivity contribution < 1.29 is 28.2 Å². The summed E-state index contributed by atoms with van der Waals surface area (Å²) in [6.07, 6.45) is 2.00. The number of nitrogens with one attached hydrogen (secondary N) is 1. The summed E-state index contributed by atoms with van der Waals surface area (Å²) in [6, 6.07) is 9.45. The number of hydrogen-bond donors (Lipinski definition) is 1. The summed E-state index contributed by atoms with van der Waals surface area (Å²) in [4.78, 5) is 23.5. The second-order valence-corrected chi connectivity index (χ2v) is 5.98. The molecular formula is C21H22FNO5. The number of rotatable bonds is 7. The first-order chi connectivity index (χ1) is 13.3. The van der Waals surface area contributed by atoms with Crippen molar-refractivity contribution in [1.82, 2.24) is 0 Å². The molecule has 1 atom stereocenters. The first kappa shape index (κ1) is 21.0. The first-order valence-electron chi connectivity index (χ1n) is 8.51. The minimum absolute atomic E-state index is 0.346. The molecule has 1 N–H and O–H groups in total. The molecule has 148 valence electrons. The van der Waals surface area contributed by atoms with Crippen LogP contribution in [0.1, 0.15) is 18.1 Å². The molecule has 28 heavy (non-hydrogen) atoms. The van der Waals surface area contributed by atoms with E-state index in [4.69, 9.17) is 9.47 Å². The maximum absolute atomic E-state index is 13.6. The van der Waals surface area contributed by atoms with Gasteiger partial charge < -0.3 is 19.5 Å². The second-order valence-electron chi connectivity index (χ2n) is 5.98. The number of carbonyl (C=O) groups excluding carboxylic acids is 2. The minimum Gasteiger partial charge on any atom is -0.493 e. The Kier molecular flexibility index (Phi) is 7.14. The Bertz CT molecular complexity index is 894. The molecule has 0 aliphatic carbocycles. The van der Waals surface area contributed by atoms with Crippen molar-refractivity contribution in [3.8, 4) is 11.5 Å². The molecule has 0 saturated carbocycles. The number of halogens is 1. The average molecular weight is 387 g/mol. The molecule has 6 nitrogen and oxygen atoms in total. The van der Waals surface area contributed by atoms with Gasteiger partial charge in [0.25, 0.3) is 5.91 Å². The van der Waals surface area contributed by atoms with E-state index in [2.05, 4.69) is 10.1 Å². The molecule has 1 amide bonds. The van der Waals surface area contributed by atoms with E-state index in [0.717, 1.165) is 0 Å². The third kappa shape index (κ3) is 5.57. The highest BCUT2D eigenvalue weighted by Crippen LogP contribution is 2.29. The van der Waals surface area contributed by atoms with Gasteiger partial charge >= 0.3 is 5.97 Å². The SMILES string of the molecule is COC(=O)/C=C/c1ccc(OC(C)C(=O)Nc2ccc(C)c(F)c2)c(OC)c1. The number of carbonyl (C=O) groups is 2. The highest BCUT2D eigenvalue weighted by atomic mass is 19.1. The Balaban J connectivity index is 2.08. The van der Waals surface area contributed by atoms with E-state index < -0.39 is 23.8 Å². The predicted molar refractivity (Wildman–Crippen MR) is 104 cm³/mol. The Morgan fingerprint density at radius 3 is 2.50 bits per heavy atom. The topological polar surface area (TPSA) is 73.9 Å². The van der Waals surface area contributed by atoms with Crippen molar-refractivity contribution >= 4 is 23.6 Å². The van der Waals surface area contributed by atoms with E-state index >= 15 is 0 Å². The Labute approximate surface area is 162 Å². The summed E-state index contributed by atoms with van der Waals surface area (Å²) in [5.74, 6) is -0.552. The van der Waals surface area contributed by atoms with Crippen LogP contribution in [-0.2, 0) is 14.3 Å².